The molecule has 0 atom stereocenters. The zero-order valence-corrected chi connectivity index (χ0v) is 11.0. The van der Waals surface area contributed by atoms with Crippen molar-refractivity contribution < 1.29 is 22.0 Å². The molecule has 2 aromatic rings. The molecule has 0 aliphatic rings. The standard InChI is InChI=1S/C15H9F5N2/c16-12-5-10(7-21)6-13(17)14(12)22-8-9-1-3-11(4-2-9)15(18,19)20/h1-6,22H,8H2. The summed E-state index contributed by atoms with van der Waals surface area (Å²) in [6.07, 6.45) is -4.43. The highest BCUT2D eigenvalue weighted by atomic mass is 19.4. The smallest absolute Gasteiger partial charge is 0.376 e. The van der Waals surface area contributed by atoms with E-state index < -0.39 is 29.1 Å². The van der Waals surface area contributed by atoms with Crippen molar-refractivity contribution in [2.24, 2.45) is 0 Å². The lowest BCUT2D eigenvalue weighted by molar-refractivity contribution is -0.137. The van der Waals surface area contributed by atoms with Crippen molar-refractivity contribution in [3.8, 4) is 6.07 Å². The average Bonchev–Trinajstić information content (AvgIpc) is 2.45. The molecular formula is C15H9F5N2. The van der Waals surface area contributed by atoms with E-state index in [4.69, 9.17) is 5.26 Å². The predicted molar refractivity (Wildman–Crippen MR) is 69.8 cm³/mol. The Balaban J connectivity index is 2.13. The maximum atomic E-state index is 13.6. The third-order valence-corrected chi connectivity index (χ3v) is 2.92. The Kier molecular flexibility index (Phi) is 4.31. The highest BCUT2D eigenvalue weighted by Gasteiger charge is 2.29. The van der Waals surface area contributed by atoms with E-state index in [2.05, 4.69) is 5.32 Å². The number of nitrogens with one attached hydrogen (secondary N) is 1. The van der Waals surface area contributed by atoms with Gasteiger partial charge < -0.3 is 5.32 Å². The van der Waals surface area contributed by atoms with Crippen LogP contribution < -0.4 is 5.32 Å². The Bertz CT molecular complexity index is 691. The fourth-order valence-corrected chi connectivity index (χ4v) is 1.81. The number of rotatable bonds is 3. The highest BCUT2D eigenvalue weighted by Crippen LogP contribution is 2.29. The van der Waals surface area contributed by atoms with Crippen LogP contribution in [0.5, 0.6) is 0 Å². The van der Waals surface area contributed by atoms with E-state index in [1.54, 1.807) is 6.07 Å². The predicted octanol–water partition coefficient (Wildman–Crippen LogP) is 4.47. The first-order valence-corrected chi connectivity index (χ1v) is 6.10. The van der Waals surface area contributed by atoms with Gasteiger partial charge in [0.2, 0.25) is 0 Å². The molecular weight excluding hydrogens is 303 g/mol. The largest absolute Gasteiger partial charge is 0.416 e. The molecule has 2 rings (SSSR count). The summed E-state index contributed by atoms with van der Waals surface area (Å²) < 4.78 is 64.5. The van der Waals surface area contributed by atoms with Crippen LogP contribution in [0.4, 0.5) is 27.6 Å². The number of alkyl halides is 3. The van der Waals surface area contributed by atoms with Gasteiger partial charge in [0, 0.05) is 6.54 Å². The number of benzene rings is 2. The average molecular weight is 312 g/mol. The molecule has 0 heterocycles. The van der Waals surface area contributed by atoms with E-state index in [0.29, 0.717) is 5.56 Å². The van der Waals surface area contributed by atoms with E-state index >= 15 is 0 Å². The van der Waals surface area contributed by atoms with E-state index in [0.717, 1.165) is 24.3 Å². The Morgan fingerprint density at radius 1 is 1.00 bits per heavy atom. The highest BCUT2D eigenvalue weighted by molar-refractivity contribution is 5.50. The third-order valence-electron chi connectivity index (χ3n) is 2.92. The quantitative estimate of drug-likeness (QED) is 0.849. The fraction of sp³-hybridized carbons (Fsp3) is 0.133. The van der Waals surface area contributed by atoms with Crippen molar-refractivity contribution >= 4 is 5.69 Å². The second kappa shape index (κ2) is 6.02. The van der Waals surface area contributed by atoms with Crippen molar-refractivity contribution in [3.63, 3.8) is 0 Å². The molecule has 0 aliphatic carbocycles. The number of hydrogen-bond donors (Lipinski definition) is 1. The molecule has 0 saturated heterocycles. The third kappa shape index (κ3) is 3.52. The van der Waals surface area contributed by atoms with Gasteiger partial charge in [0.05, 0.1) is 17.2 Å². The van der Waals surface area contributed by atoms with E-state index in [1.165, 1.54) is 12.1 Å². The maximum Gasteiger partial charge on any atom is 0.416 e. The minimum atomic E-state index is -4.43. The molecule has 0 saturated carbocycles. The van der Waals surface area contributed by atoms with Crippen LogP contribution in [0, 0.1) is 23.0 Å². The molecule has 0 aliphatic heterocycles. The number of nitrogens with zero attached hydrogens (tertiary/aromatic N) is 1. The van der Waals surface area contributed by atoms with Gasteiger partial charge in [0.25, 0.3) is 0 Å². The molecule has 0 fully saturated rings. The zero-order chi connectivity index (χ0) is 16.3. The molecule has 0 amide bonds. The molecule has 22 heavy (non-hydrogen) atoms. The first kappa shape index (κ1) is 15.8. The number of nitriles is 1. The van der Waals surface area contributed by atoms with Crippen LogP contribution in [0.15, 0.2) is 36.4 Å². The minimum Gasteiger partial charge on any atom is -0.376 e. The van der Waals surface area contributed by atoms with Crippen molar-refractivity contribution in [3.05, 3.63) is 64.7 Å². The van der Waals surface area contributed by atoms with E-state index in [-0.39, 0.29) is 12.1 Å². The molecule has 114 valence electrons. The number of hydrogen-bond acceptors (Lipinski definition) is 2. The summed E-state index contributed by atoms with van der Waals surface area (Å²) in [6, 6.07) is 7.58. The molecule has 0 aromatic heterocycles. The number of halogens is 5. The van der Waals surface area contributed by atoms with Gasteiger partial charge in [-0.15, -0.1) is 0 Å². The Morgan fingerprint density at radius 2 is 1.55 bits per heavy atom. The van der Waals surface area contributed by atoms with Gasteiger partial charge in [-0.05, 0) is 29.8 Å². The first-order chi connectivity index (χ1) is 10.3. The van der Waals surface area contributed by atoms with E-state index in [9.17, 15) is 22.0 Å². The van der Waals surface area contributed by atoms with Gasteiger partial charge >= 0.3 is 6.18 Å². The lowest BCUT2D eigenvalue weighted by Crippen LogP contribution is -2.07. The van der Waals surface area contributed by atoms with Gasteiger partial charge in [0.1, 0.15) is 5.69 Å². The van der Waals surface area contributed by atoms with Crippen molar-refractivity contribution in [1.82, 2.24) is 0 Å². The molecule has 2 aromatic carbocycles. The van der Waals surface area contributed by atoms with E-state index in [1.807, 2.05) is 0 Å². The Labute approximate surface area is 122 Å². The molecule has 1 N–H and O–H groups in total. The molecule has 7 heteroatoms. The van der Waals surface area contributed by atoms with Crippen LogP contribution in [-0.4, -0.2) is 0 Å². The summed E-state index contributed by atoms with van der Waals surface area (Å²) in [7, 11) is 0. The summed E-state index contributed by atoms with van der Waals surface area (Å²) in [5.41, 5.74) is -0.961. The minimum absolute atomic E-state index is 0.0577. The van der Waals surface area contributed by atoms with Gasteiger partial charge in [-0.3, -0.25) is 0 Å². The second-order valence-electron chi connectivity index (χ2n) is 4.47. The summed E-state index contributed by atoms with van der Waals surface area (Å²) in [4.78, 5) is 0. The maximum absolute atomic E-state index is 13.6. The molecule has 0 radical (unpaired) electrons. The van der Waals surface area contributed by atoms with Gasteiger partial charge in [-0.25, -0.2) is 8.78 Å². The Morgan fingerprint density at radius 3 is 2.00 bits per heavy atom. The van der Waals surface area contributed by atoms with Crippen LogP contribution in [0.3, 0.4) is 0 Å². The monoisotopic (exact) mass is 312 g/mol. The van der Waals surface area contributed by atoms with Crippen LogP contribution >= 0.6 is 0 Å². The van der Waals surface area contributed by atoms with Gasteiger partial charge in [-0.2, -0.15) is 18.4 Å². The first-order valence-electron chi connectivity index (χ1n) is 6.10. The summed E-state index contributed by atoms with van der Waals surface area (Å²) in [5.74, 6) is -1.88. The summed E-state index contributed by atoms with van der Waals surface area (Å²) in [5, 5.41) is 11.0. The second-order valence-corrected chi connectivity index (χ2v) is 4.47. The lowest BCUT2D eigenvalue weighted by Gasteiger charge is -2.11. The van der Waals surface area contributed by atoms with Crippen molar-refractivity contribution in [2.75, 3.05) is 5.32 Å². The zero-order valence-electron chi connectivity index (χ0n) is 11.0. The molecule has 0 bridgehead atoms. The molecule has 0 unspecified atom stereocenters. The van der Waals surface area contributed by atoms with Crippen LogP contribution in [0.2, 0.25) is 0 Å². The molecule has 2 nitrogen and oxygen atoms in total. The van der Waals surface area contributed by atoms with Gasteiger partial charge in [-0.1, -0.05) is 12.1 Å². The normalized spacial score (nSPS) is 11.1. The fourth-order valence-electron chi connectivity index (χ4n) is 1.81. The summed E-state index contributed by atoms with van der Waals surface area (Å²) >= 11 is 0. The summed E-state index contributed by atoms with van der Waals surface area (Å²) in [6.45, 7) is -0.0577. The topological polar surface area (TPSA) is 35.8 Å². The van der Waals surface area contributed by atoms with Crippen LogP contribution in [0.25, 0.3) is 0 Å². The van der Waals surface area contributed by atoms with Crippen LogP contribution in [-0.2, 0) is 12.7 Å². The Hall–Kier alpha value is -2.62. The van der Waals surface area contributed by atoms with Crippen LogP contribution in [0.1, 0.15) is 16.7 Å². The SMILES string of the molecule is N#Cc1cc(F)c(NCc2ccc(C(F)(F)F)cc2)c(F)c1. The lowest BCUT2D eigenvalue weighted by atomic mass is 10.1. The van der Waals surface area contributed by atoms with Gasteiger partial charge in [0.15, 0.2) is 11.6 Å². The molecule has 0 spiro atoms. The van der Waals surface area contributed by atoms with Crippen molar-refractivity contribution in [2.45, 2.75) is 12.7 Å². The van der Waals surface area contributed by atoms with Crippen molar-refractivity contribution in [1.29, 1.82) is 5.26 Å². The number of anilines is 1.